The number of carbonyl (C=O) groups is 1. The van der Waals surface area contributed by atoms with Crippen LogP contribution < -0.4 is 0 Å². The van der Waals surface area contributed by atoms with Gasteiger partial charge in [0.1, 0.15) is 5.69 Å². The SMILES string of the molecule is Cc1cccc(-c2c(C=O)nnn2-c2nc(C)c(C)s2)c1. The topological polar surface area (TPSA) is 60.7 Å². The van der Waals surface area contributed by atoms with Crippen LogP contribution in [0.4, 0.5) is 0 Å². The Morgan fingerprint density at radius 1 is 1.24 bits per heavy atom. The van der Waals surface area contributed by atoms with Crippen molar-refractivity contribution in [3.63, 3.8) is 0 Å². The predicted octanol–water partition coefficient (Wildman–Crippen LogP) is 3.13. The van der Waals surface area contributed by atoms with Crippen LogP contribution in [-0.2, 0) is 0 Å². The fraction of sp³-hybridized carbons (Fsp3) is 0.200. The molecule has 0 saturated carbocycles. The highest BCUT2D eigenvalue weighted by Gasteiger charge is 2.18. The molecule has 0 aliphatic carbocycles. The quantitative estimate of drug-likeness (QED) is 0.697. The van der Waals surface area contributed by atoms with E-state index in [4.69, 9.17) is 0 Å². The number of thiazole rings is 1. The molecule has 3 aromatic rings. The van der Waals surface area contributed by atoms with E-state index in [1.165, 1.54) is 11.3 Å². The molecule has 6 heteroatoms. The first-order valence-corrected chi connectivity index (χ1v) is 7.34. The zero-order chi connectivity index (χ0) is 15.0. The van der Waals surface area contributed by atoms with Crippen LogP contribution in [0, 0.1) is 20.8 Å². The molecule has 0 N–H and O–H groups in total. The van der Waals surface area contributed by atoms with E-state index in [-0.39, 0.29) is 0 Å². The van der Waals surface area contributed by atoms with Crippen LogP contribution in [-0.4, -0.2) is 26.3 Å². The minimum atomic E-state index is 0.325. The molecular formula is C15H14N4OS. The zero-order valence-corrected chi connectivity index (χ0v) is 12.8. The van der Waals surface area contributed by atoms with Crippen molar-refractivity contribution in [2.45, 2.75) is 20.8 Å². The van der Waals surface area contributed by atoms with Gasteiger partial charge in [-0.2, -0.15) is 4.68 Å². The minimum absolute atomic E-state index is 0.325. The van der Waals surface area contributed by atoms with Gasteiger partial charge in [-0.3, -0.25) is 4.79 Å². The Morgan fingerprint density at radius 2 is 2.05 bits per heavy atom. The first kappa shape index (κ1) is 13.6. The van der Waals surface area contributed by atoms with Gasteiger partial charge in [-0.25, -0.2) is 4.98 Å². The predicted molar refractivity (Wildman–Crippen MR) is 82.1 cm³/mol. The minimum Gasteiger partial charge on any atom is -0.296 e. The van der Waals surface area contributed by atoms with E-state index in [0.29, 0.717) is 11.4 Å². The molecule has 0 saturated heterocycles. The molecule has 0 aliphatic heterocycles. The van der Waals surface area contributed by atoms with E-state index in [9.17, 15) is 4.79 Å². The highest BCUT2D eigenvalue weighted by atomic mass is 32.1. The molecule has 3 rings (SSSR count). The summed E-state index contributed by atoms with van der Waals surface area (Å²) in [5, 5.41) is 8.79. The molecule has 106 valence electrons. The Kier molecular flexibility index (Phi) is 3.39. The molecule has 0 spiro atoms. The molecule has 0 atom stereocenters. The number of carbonyl (C=O) groups excluding carboxylic acids is 1. The lowest BCUT2D eigenvalue weighted by atomic mass is 10.1. The first-order chi connectivity index (χ1) is 10.1. The summed E-state index contributed by atoms with van der Waals surface area (Å²) in [6.07, 6.45) is 0.731. The van der Waals surface area contributed by atoms with Gasteiger partial charge < -0.3 is 0 Å². The van der Waals surface area contributed by atoms with Crippen LogP contribution >= 0.6 is 11.3 Å². The van der Waals surface area contributed by atoms with Gasteiger partial charge in [0.05, 0.1) is 5.69 Å². The van der Waals surface area contributed by atoms with Gasteiger partial charge in [0.25, 0.3) is 0 Å². The average molecular weight is 298 g/mol. The van der Waals surface area contributed by atoms with Gasteiger partial charge in [0, 0.05) is 10.4 Å². The molecule has 1 aromatic carbocycles. The maximum Gasteiger partial charge on any atom is 0.212 e. The van der Waals surface area contributed by atoms with Crippen LogP contribution in [0.25, 0.3) is 16.4 Å². The lowest BCUT2D eigenvalue weighted by molar-refractivity contribution is 0.111. The van der Waals surface area contributed by atoms with Crippen molar-refractivity contribution in [3.8, 4) is 16.4 Å². The number of benzene rings is 1. The molecule has 0 bridgehead atoms. The first-order valence-electron chi connectivity index (χ1n) is 6.52. The molecule has 0 amide bonds. The van der Waals surface area contributed by atoms with E-state index < -0.39 is 0 Å². The van der Waals surface area contributed by atoms with Crippen LogP contribution in [0.3, 0.4) is 0 Å². The zero-order valence-electron chi connectivity index (χ0n) is 12.0. The van der Waals surface area contributed by atoms with Crippen molar-refractivity contribution in [1.29, 1.82) is 0 Å². The number of aryl methyl sites for hydroxylation is 3. The number of rotatable bonds is 3. The van der Waals surface area contributed by atoms with E-state index in [0.717, 1.165) is 33.1 Å². The smallest absolute Gasteiger partial charge is 0.212 e. The lowest BCUT2D eigenvalue weighted by Crippen LogP contribution is -2.00. The molecular weight excluding hydrogens is 284 g/mol. The number of nitrogens with zero attached hydrogens (tertiary/aromatic N) is 4. The number of aldehydes is 1. The van der Waals surface area contributed by atoms with Crippen LogP contribution in [0.5, 0.6) is 0 Å². The van der Waals surface area contributed by atoms with Crippen LogP contribution in [0.2, 0.25) is 0 Å². The summed E-state index contributed by atoms with van der Waals surface area (Å²) in [5.74, 6) is 0. The van der Waals surface area contributed by atoms with Gasteiger partial charge >= 0.3 is 0 Å². The van der Waals surface area contributed by atoms with E-state index >= 15 is 0 Å². The number of aromatic nitrogens is 4. The summed E-state index contributed by atoms with van der Waals surface area (Å²) < 4.78 is 1.64. The van der Waals surface area contributed by atoms with E-state index in [1.54, 1.807) is 4.68 Å². The molecule has 21 heavy (non-hydrogen) atoms. The van der Waals surface area contributed by atoms with E-state index in [2.05, 4.69) is 15.3 Å². The average Bonchev–Trinajstić information content (AvgIpc) is 3.03. The molecule has 0 fully saturated rings. The Labute approximate surface area is 126 Å². The fourth-order valence-electron chi connectivity index (χ4n) is 2.12. The van der Waals surface area contributed by atoms with Gasteiger partial charge in [-0.15, -0.1) is 5.10 Å². The Hall–Kier alpha value is -2.34. The lowest BCUT2D eigenvalue weighted by Gasteiger charge is -2.04. The van der Waals surface area contributed by atoms with Crippen molar-refractivity contribution in [1.82, 2.24) is 20.0 Å². The molecule has 5 nitrogen and oxygen atoms in total. The van der Waals surface area contributed by atoms with Crippen LogP contribution in [0.15, 0.2) is 24.3 Å². The second kappa shape index (κ2) is 5.21. The summed E-state index contributed by atoms with van der Waals surface area (Å²) >= 11 is 1.54. The summed E-state index contributed by atoms with van der Waals surface area (Å²) in [6.45, 7) is 5.98. The maximum atomic E-state index is 11.3. The second-order valence-corrected chi connectivity index (χ2v) is 6.04. The fourth-order valence-corrected chi connectivity index (χ4v) is 2.98. The molecule has 0 radical (unpaired) electrons. The molecule has 0 unspecified atom stereocenters. The third kappa shape index (κ3) is 2.38. The second-order valence-electron chi connectivity index (χ2n) is 4.86. The van der Waals surface area contributed by atoms with Crippen molar-refractivity contribution in [2.24, 2.45) is 0 Å². The maximum absolute atomic E-state index is 11.3. The third-order valence-corrected chi connectivity index (χ3v) is 4.35. The third-order valence-electron chi connectivity index (χ3n) is 3.30. The largest absolute Gasteiger partial charge is 0.296 e. The molecule has 2 heterocycles. The van der Waals surface area contributed by atoms with Crippen molar-refractivity contribution in [2.75, 3.05) is 0 Å². The number of hydrogen-bond acceptors (Lipinski definition) is 5. The molecule has 2 aromatic heterocycles. The summed E-state index contributed by atoms with van der Waals surface area (Å²) in [5.41, 5.74) is 4.00. The van der Waals surface area contributed by atoms with E-state index in [1.807, 2.05) is 45.0 Å². The van der Waals surface area contributed by atoms with Crippen LogP contribution in [0.1, 0.15) is 26.6 Å². The molecule has 0 aliphatic rings. The monoisotopic (exact) mass is 298 g/mol. The van der Waals surface area contributed by atoms with Gasteiger partial charge in [-0.05, 0) is 26.8 Å². The van der Waals surface area contributed by atoms with Crippen molar-refractivity contribution >= 4 is 17.6 Å². The van der Waals surface area contributed by atoms with Gasteiger partial charge in [-0.1, -0.05) is 40.3 Å². The summed E-state index contributed by atoms with van der Waals surface area (Å²) in [7, 11) is 0. The van der Waals surface area contributed by atoms with Crippen molar-refractivity contribution in [3.05, 3.63) is 46.1 Å². The Bertz CT molecular complexity index is 799. The highest BCUT2D eigenvalue weighted by Crippen LogP contribution is 2.28. The summed E-state index contributed by atoms with van der Waals surface area (Å²) in [6, 6.07) is 7.92. The Balaban J connectivity index is 2.23. The highest BCUT2D eigenvalue weighted by molar-refractivity contribution is 7.14. The van der Waals surface area contributed by atoms with Gasteiger partial charge in [0.15, 0.2) is 12.0 Å². The van der Waals surface area contributed by atoms with Gasteiger partial charge in [0.2, 0.25) is 5.13 Å². The van der Waals surface area contributed by atoms with Crippen molar-refractivity contribution < 1.29 is 4.79 Å². The Morgan fingerprint density at radius 3 is 2.67 bits per heavy atom. The standard InChI is InChI=1S/C15H14N4OS/c1-9-5-4-6-12(7-9)14-13(8-20)17-18-19(14)15-16-10(2)11(3)21-15/h4-8H,1-3H3. The number of hydrogen-bond donors (Lipinski definition) is 0. The normalized spacial score (nSPS) is 10.8. The summed E-state index contributed by atoms with van der Waals surface area (Å²) in [4.78, 5) is 16.9.